The molecule has 0 heterocycles. The molecule has 7 heteroatoms. The van der Waals surface area contributed by atoms with Gasteiger partial charge in [-0.3, -0.25) is 9.05 Å². The standard InChI is InChI=1S/C18H19N2O3PS/c1-3-21-24(25,22-4-2)23-20-17-12-10-16(11-13-17)18(14-19)15-8-6-5-7-9-15/h5-13H,3-4H2,1-2H3. The zero-order chi connectivity index (χ0) is 18.1. The monoisotopic (exact) mass is 374 g/mol. The van der Waals surface area contributed by atoms with Gasteiger partial charge in [0.1, 0.15) is 11.8 Å². The van der Waals surface area contributed by atoms with Crippen molar-refractivity contribution in [2.75, 3.05) is 13.2 Å². The highest BCUT2D eigenvalue weighted by Crippen LogP contribution is 2.50. The quantitative estimate of drug-likeness (QED) is 0.391. The summed E-state index contributed by atoms with van der Waals surface area (Å²) in [5.74, 6) is 0. The normalized spacial score (nSPS) is 13.5. The number of nitrogens with zero attached hydrogens (tertiary/aromatic N) is 2. The van der Waals surface area contributed by atoms with Crippen LogP contribution >= 0.6 is 6.72 Å². The first-order valence-corrected chi connectivity index (χ1v) is 10.4. The molecule has 1 aromatic rings. The van der Waals surface area contributed by atoms with E-state index >= 15 is 0 Å². The third-order valence-electron chi connectivity index (χ3n) is 3.15. The minimum atomic E-state index is -2.86. The van der Waals surface area contributed by atoms with E-state index in [0.717, 1.165) is 11.1 Å². The summed E-state index contributed by atoms with van der Waals surface area (Å²) >= 11 is 5.25. The van der Waals surface area contributed by atoms with E-state index in [4.69, 9.17) is 25.5 Å². The van der Waals surface area contributed by atoms with Crippen molar-refractivity contribution < 1.29 is 13.7 Å². The highest BCUT2D eigenvalue weighted by molar-refractivity contribution is 8.07. The molecule has 0 unspecified atom stereocenters. The van der Waals surface area contributed by atoms with E-state index in [1.807, 2.05) is 56.3 Å². The lowest BCUT2D eigenvalue weighted by molar-refractivity contribution is 0.172. The minimum Gasteiger partial charge on any atom is -0.313 e. The van der Waals surface area contributed by atoms with Gasteiger partial charge in [0.05, 0.1) is 18.8 Å². The number of hydrogen-bond acceptors (Lipinski definition) is 6. The fraction of sp³-hybridized carbons (Fsp3) is 0.222. The van der Waals surface area contributed by atoms with Gasteiger partial charge in [-0.1, -0.05) is 47.6 Å². The van der Waals surface area contributed by atoms with Crippen LogP contribution in [0.15, 0.2) is 65.4 Å². The van der Waals surface area contributed by atoms with Crippen LogP contribution in [-0.2, 0) is 25.5 Å². The van der Waals surface area contributed by atoms with E-state index in [9.17, 15) is 5.26 Å². The Morgan fingerprint density at radius 2 is 1.68 bits per heavy atom. The fourth-order valence-electron chi connectivity index (χ4n) is 2.09. The maximum absolute atomic E-state index is 9.45. The molecule has 0 saturated carbocycles. The zero-order valence-electron chi connectivity index (χ0n) is 14.1. The maximum atomic E-state index is 9.45. The van der Waals surface area contributed by atoms with Crippen molar-refractivity contribution in [3.8, 4) is 6.07 Å². The Kier molecular flexibility index (Phi) is 7.30. The molecule has 1 aliphatic rings. The van der Waals surface area contributed by atoms with Crippen LogP contribution in [-0.4, -0.2) is 18.9 Å². The Labute approximate surface area is 153 Å². The third kappa shape index (κ3) is 5.48. The van der Waals surface area contributed by atoms with Gasteiger partial charge < -0.3 is 4.62 Å². The molecule has 2 rings (SSSR count). The molecule has 0 N–H and O–H groups in total. The molecule has 0 aromatic heterocycles. The van der Waals surface area contributed by atoms with Crippen LogP contribution in [0.1, 0.15) is 19.4 Å². The van der Waals surface area contributed by atoms with Gasteiger partial charge in [0.2, 0.25) is 0 Å². The van der Waals surface area contributed by atoms with Crippen molar-refractivity contribution in [2.45, 2.75) is 13.8 Å². The Bertz CT molecular complexity index is 779. The lowest BCUT2D eigenvalue weighted by atomic mass is 9.97. The highest BCUT2D eigenvalue weighted by Gasteiger charge is 2.20. The highest BCUT2D eigenvalue weighted by atomic mass is 32.5. The molecule has 25 heavy (non-hydrogen) atoms. The van der Waals surface area contributed by atoms with E-state index in [2.05, 4.69) is 11.2 Å². The van der Waals surface area contributed by atoms with Crippen LogP contribution in [0.2, 0.25) is 0 Å². The predicted octanol–water partition coefficient (Wildman–Crippen LogP) is 4.76. The predicted molar refractivity (Wildman–Crippen MR) is 103 cm³/mol. The summed E-state index contributed by atoms with van der Waals surface area (Å²) in [6.45, 7) is 1.57. The van der Waals surface area contributed by atoms with Crippen LogP contribution in [0.5, 0.6) is 0 Å². The topological polar surface area (TPSA) is 63.8 Å². The second kappa shape index (κ2) is 9.45. The summed E-state index contributed by atoms with van der Waals surface area (Å²) < 4.78 is 16.1. The molecule has 0 spiro atoms. The molecule has 0 amide bonds. The van der Waals surface area contributed by atoms with E-state index in [0.29, 0.717) is 24.5 Å². The number of nitriles is 1. The SMILES string of the molecule is CCOP(=S)(OCC)ON=C1C=CC(=C(C#N)c2ccccc2)C=C1. The largest absolute Gasteiger partial charge is 0.402 e. The first-order valence-electron chi connectivity index (χ1n) is 7.83. The van der Waals surface area contributed by atoms with Crippen LogP contribution in [0, 0.1) is 11.3 Å². The smallest absolute Gasteiger partial charge is 0.313 e. The molecule has 0 atom stereocenters. The summed E-state index contributed by atoms with van der Waals surface area (Å²) in [5, 5.41) is 13.5. The van der Waals surface area contributed by atoms with Gasteiger partial charge in [0.15, 0.2) is 0 Å². The van der Waals surface area contributed by atoms with Crippen LogP contribution in [0.25, 0.3) is 5.57 Å². The van der Waals surface area contributed by atoms with E-state index in [-0.39, 0.29) is 0 Å². The van der Waals surface area contributed by atoms with Gasteiger partial charge in [-0.2, -0.15) is 5.26 Å². The van der Waals surface area contributed by atoms with Crippen LogP contribution in [0.3, 0.4) is 0 Å². The molecule has 0 saturated heterocycles. The van der Waals surface area contributed by atoms with E-state index in [1.165, 1.54) is 0 Å². The Hall–Kier alpha value is -2.03. The molecular weight excluding hydrogens is 355 g/mol. The van der Waals surface area contributed by atoms with Gasteiger partial charge in [-0.25, -0.2) is 0 Å². The van der Waals surface area contributed by atoms with Gasteiger partial charge in [-0.05, 0) is 37.1 Å². The van der Waals surface area contributed by atoms with E-state index < -0.39 is 6.72 Å². The van der Waals surface area contributed by atoms with Gasteiger partial charge in [0.25, 0.3) is 0 Å². The van der Waals surface area contributed by atoms with Crippen molar-refractivity contribution in [3.05, 3.63) is 65.8 Å². The Balaban J connectivity index is 2.17. The number of benzene rings is 1. The van der Waals surface area contributed by atoms with Crippen LogP contribution < -0.4 is 0 Å². The molecular formula is C18H19N2O3PS. The van der Waals surface area contributed by atoms with Crippen LogP contribution in [0.4, 0.5) is 0 Å². The Morgan fingerprint density at radius 3 is 2.20 bits per heavy atom. The van der Waals surface area contributed by atoms with Crippen molar-refractivity contribution in [3.63, 3.8) is 0 Å². The second-order valence-corrected chi connectivity index (χ2v) is 7.77. The molecule has 0 aliphatic heterocycles. The zero-order valence-corrected chi connectivity index (χ0v) is 15.8. The lowest BCUT2D eigenvalue weighted by Gasteiger charge is -2.17. The summed E-state index contributed by atoms with van der Waals surface area (Å²) in [5.41, 5.74) is 2.85. The number of rotatable bonds is 7. The molecule has 1 aromatic carbocycles. The molecule has 0 fully saturated rings. The third-order valence-corrected chi connectivity index (χ3v) is 5.41. The molecule has 0 radical (unpaired) electrons. The second-order valence-electron chi connectivity index (χ2n) is 4.86. The summed E-state index contributed by atoms with van der Waals surface area (Å²) in [6, 6.07) is 11.8. The molecule has 130 valence electrons. The van der Waals surface area contributed by atoms with E-state index in [1.54, 1.807) is 12.2 Å². The van der Waals surface area contributed by atoms with Crippen molar-refractivity contribution in [1.82, 2.24) is 0 Å². The average Bonchev–Trinajstić information content (AvgIpc) is 2.63. The van der Waals surface area contributed by atoms with Crippen molar-refractivity contribution in [1.29, 1.82) is 5.26 Å². The fourth-order valence-corrected chi connectivity index (χ4v) is 3.82. The first-order chi connectivity index (χ1) is 12.1. The lowest BCUT2D eigenvalue weighted by Crippen LogP contribution is -2.00. The van der Waals surface area contributed by atoms with Gasteiger partial charge in [0, 0.05) is 11.8 Å². The maximum Gasteiger partial charge on any atom is 0.402 e. The molecule has 5 nitrogen and oxygen atoms in total. The number of allylic oxidation sites excluding steroid dienone is 6. The van der Waals surface area contributed by atoms with Crippen molar-refractivity contribution >= 4 is 29.8 Å². The van der Waals surface area contributed by atoms with Crippen molar-refractivity contribution in [2.24, 2.45) is 5.16 Å². The number of hydrogen-bond donors (Lipinski definition) is 0. The van der Waals surface area contributed by atoms with Gasteiger partial charge >= 0.3 is 6.72 Å². The number of oxime groups is 1. The Morgan fingerprint density at radius 1 is 1.08 bits per heavy atom. The molecule has 1 aliphatic carbocycles. The minimum absolute atomic E-state index is 0.392. The molecule has 0 bridgehead atoms. The summed E-state index contributed by atoms with van der Waals surface area (Å²) in [7, 11) is 0. The summed E-state index contributed by atoms with van der Waals surface area (Å²) in [4.78, 5) is 0. The first kappa shape index (κ1) is 19.3. The summed E-state index contributed by atoms with van der Waals surface area (Å²) in [6.07, 6.45) is 7.15. The van der Waals surface area contributed by atoms with Gasteiger partial charge in [-0.15, -0.1) is 0 Å². The average molecular weight is 374 g/mol.